The highest BCUT2D eigenvalue weighted by Gasteiger charge is 2.43. The third-order valence-electron chi connectivity index (χ3n) is 4.85. The van der Waals surface area contributed by atoms with Crippen LogP contribution < -0.4 is 5.32 Å². The topological polar surface area (TPSA) is 78.1 Å². The number of hydrogen-bond acceptors (Lipinski definition) is 3. The van der Waals surface area contributed by atoms with E-state index in [0.717, 1.165) is 24.1 Å². The van der Waals surface area contributed by atoms with Crippen molar-refractivity contribution in [2.24, 2.45) is 0 Å². The van der Waals surface area contributed by atoms with E-state index in [9.17, 15) is 9.59 Å². The minimum Gasteiger partial charge on any atom is -0.327 e. The number of carbonyl (C=O) groups is 2. The molecule has 0 saturated heterocycles. The van der Waals surface area contributed by atoms with Gasteiger partial charge >= 0.3 is 0 Å². The standard InChI is InChI=1S/C19H23ClN4O2/c1-4-5-6-15(25)24-11-14-16(19(24,2)3)22-23-17(14)21-18(26)12-7-9-13(20)10-8-12/h7-10H,4-6,11H2,1-3H3,(H2,21,22,23,26). The van der Waals surface area contributed by atoms with Crippen LogP contribution in [0.15, 0.2) is 24.3 Å². The van der Waals surface area contributed by atoms with Crippen molar-refractivity contribution in [2.45, 2.75) is 52.1 Å². The molecule has 7 heteroatoms. The van der Waals surface area contributed by atoms with Gasteiger partial charge in [-0.15, -0.1) is 0 Å². The van der Waals surface area contributed by atoms with Gasteiger partial charge in [-0.1, -0.05) is 24.9 Å². The maximum absolute atomic E-state index is 12.6. The Morgan fingerprint density at radius 1 is 1.31 bits per heavy atom. The van der Waals surface area contributed by atoms with Crippen LogP contribution in [0.4, 0.5) is 5.82 Å². The molecule has 0 aliphatic carbocycles. The van der Waals surface area contributed by atoms with Gasteiger partial charge in [0, 0.05) is 22.6 Å². The van der Waals surface area contributed by atoms with E-state index in [2.05, 4.69) is 22.4 Å². The first-order valence-corrected chi connectivity index (χ1v) is 9.17. The number of H-pyrrole nitrogens is 1. The van der Waals surface area contributed by atoms with Crippen molar-refractivity contribution in [1.29, 1.82) is 0 Å². The van der Waals surface area contributed by atoms with E-state index in [1.807, 2.05) is 18.7 Å². The van der Waals surface area contributed by atoms with E-state index >= 15 is 0 Å². The molecule has 2 N–H and O–H groups in total. The molecule has 1 aliphatic rings. The first kappa shape index (κ1) is 18.5. The Labute approximate surface area is 157 Å². The van der Waals surface area contributed by atoms with Crippen molar-refractivity contribution in [3.8, 4) is 0 Å². The molecular formula is C19H23ClN4O2. The number of rotatable bonds is 5. The lowest BCUT2D eigenvalue weighted by molar-refractivity contribution is -0.136. The second-order valence-electron chi connectivity index (χ2n) is 7.03. The summed E-state index contributed by atoms with van der Waals surface area (Å²) < 4.78 is 0. The Bertz CT molecular complexity index is 827. The number of aromatic amines is 1. The summed E-state index contributed by atoms with van der Waals surface area (Å²) in [5, 5.41) is 10.7. The summed E-state index contributed by atoms with van der Waals surface area (Å²) in [6.07, 6.45) is 2.39. The summed E-state index contributed by atoms with van der Waals surface area (Å²) in [4.78, 5) is 26.9. The Kier molecular flexibility index (Phi) is 5.05. The third kappa shape index (κ3) is 3.33. The molecule has 26 heavy (non-hydrogen) atoms. The first-order valence-electron chi connectivity index (χ1n) is 8.79. The van der Waals surface area contributed by atoms with Gasteiger partial charge in [0.15, 0.2) is 5.82 Å². The first-order chi connectivity index (χ1) is 12.3. The maximum Gasteiger partial charge on any atom is 0.256 e. The molecule has 2 aromatic rings. The Morgan fingerprint density at radius 2 is 2.00 bits per heavy atom. The van der Waals surface area contributed by atoms with Gasteiger partial charge in [0.1, 0.15) is 0 Å². The molecule has 0 spiro atoms. The number of nitrogens with one attached hydrogen (secondary N) is 2. The minimum absolute atomic E-state index is 0.122. The van der Waals surface area contributed by atoms with Gasteiger partial charge in [-0.2, -0.15) is 5.10 Å². The summed E-state index contributed by atoms with van der Waals surface area (Å²) in [6.45, 7) is 6.49. The van der Waals surface area contributed by atoms with Crippen LogP contribution in [0, 0.1) is 0 Å². The normalized spacial score (nSPS) is 15.0. The number of unbranched alkanes of at least 4 members (excludes halogenated alkanes) is 1. The number of anilines is 1. The van der Waals surface area contributed by atoms with Crippen molar-refractivity contribution in [1.82, 2.24) is 15.1 Å². The van der Waals surface area contributed by atoms with E-state index < -0.39 is 5.54 Å². The highest BCUT2D eigenvalue weighted by Crippen LogP contribution is 2.41. The van der Waals surface area contributed by atoms with Gasteiger partial charge in [-0.25, -0.2) is 0 Å². The van der Waals surface area contributed by atoms with Crippen molar-refractivity contribution < 1.29 is 9.59 Å². The summed E-state index contributed by atoms with van der Waals surface area (Å²) in [5.41, 5.74) is 1.76. The van der Waals surface area contributed by atoms with Crippen LogP contribution in [-0.2, 0) is 16.9 Å². The fourth-order valence-corrected chi connectivity index (χ4v) is 3.39. The molecule has 0 unspecified atom stereocenters. The summed E-state index contributed by atoms with van der Waals surface area (Å²) >= 11 is 5.86. The molecule has 0 atom stereocenters. The summed E-state index contributed by atoms with van der Waals surface area (Å²) in [7, 11) is 0. The molecular weight excluding hydrogens is 352 g/mol. The number of aromatic nitrogens is 2. The molecule has 6 nitrogen and oxygen atoms in total. The van der Waals surface area contributed by atoms with Gasteiger partial charge < -0.3 is 10.2 Å². The fraction of sp³-hybridized carbons (Fsp3) is 0.421. The lowest BCUT2D eigenvalue weighted by Crippen LogP contribution is -2.40. The van der Waals surface area contributed by atoms with Gasteiger partial charge in [0.05, 0.1) is 17.8 Å². The molecule has 0 bridgehead atoms. The summed E-state index contributed by atoms with van der Waals surface area (Å²) in [6, 6.07) is 6.66. The van der Waals surface area contributed by atoms with Crippen molar-refractivity contribution >= 4 is 29.2 Å². The molecule has 1 aromatic carbocycles. The SMILES string of the molecule is CCCCC(=O)N1Cc2c(NC(=O)c3ccc(Cl)cc3)n[nH]c2C1(C)C. The second kappa shape index (κ2) is 7.11. The van der Waals surface area contributed by atoms with Gasteiger partial charge in [0.2, 0.25) is 5.91 Å². The molecule has 2 heterocycles. The molecule has 3 rings (SSSR count). The highest BCUT2D eigenvalue weighted by atomic mass is 35.5. The van der Waals surface area contributed by atoms with Crippen LogP contribution in [0.5, 0.6) is 0 Å². The molecule has 0 fully saturated rings. The fourth-order valence-electron chi connectivity index (χ4n) is 3.26. The Balaban J connectivity index is 1.79. The second-order valence-corrected chi connectivity index (χ2v) is 7.47. The number of carbonyl (C=O) groups excluding carboxylic acids is 2. The van der Waals surface area contributed by atoms with Gasteiger partial charge in [-0.05, 0) is 44.5 Å². The van der Waals surface area contributed by atoms with Gasteiger partial charge in [0.25, 0.3) is 5.91 Å². The summed E-state index contributed by atoms with van der Waals surface area (Å²) in [5.74, 6) is 0.333. The Morgan fingerprint density at radius 3 is 2.65 bits per heavy atom. The number of amides is 2. The van der Waals surface area contributed by atoms with Gasteiger partial charge in [-0.3, -0.25) is 14.7 Å². The zero-order valence-corrected chi connectivity index (χ0v) is 16.0. The van der Waals surface area contributed by atoms with Crippen LogP contribution in [0.2, 0.25) is 5.02 Å². The zero-order valence-electron chi connectivity index (χ0n) is 15.2. The molecule has 1 aromatic heterocycles. The molecule has 1 aliphatic heterocycles. The predicted molar refractivity (Wildman–Crippen MR) is 101 cm³/mol. The number of benzene rings is 1. The van der Waals surface area contributed by atoms with E-state index in [1.165, 1.54) is 0 Å². The molecule has 2 amide bonds. The van der Waals surface area contributed by atoms with Crippen LogP contribution in [0.1, 0.15) is 61.6 Å². The maximum atomic E-state index is 12.6. The van der Waals surface area contributed by atoms with Crippen molar-refractivity contribution in [3.63, 3.8) is 0 Å². The quantitative estimate of drug-likeness (QED) is 0.827. The van der Waals surface area contributed by atoms with E-state index in [-0.39, 0.29) is 11.8 Å². The smallest absolute Gasteiger partial charge is 0.256 e. The van der Waals surface area contributed by atoms with Crippen molar-refractivity contribution in [2.75, 3.05) is 5.32 Å². The predicted octanol–water partition coefficient (Wildman–Crippen LogP) is 4.08. The largest absolute Gasteiger partial charge is 0.327 e. The molecule has 138 valence electrons. The molecule has 0 saturated carbocycles. The van der Waals surface area contributed by atoms with E-state index in [4.69, 9.17) is 11.6 Å². The van der Waals surface area contributed by atoms with Crippen molar-refractivity contribution in [3.05, 3.63) is 46.1 Å². The minimum atomic E-state index is -0.476. The monoisotopic (exact) mass is 374 g/mol. The third-order valence-corrected chi connectivity index (χ3v) is 5.11. The lowest BCUT2D eigenvalue weighted by Gasteiger charge is -2.32. The average Bonchev–Trinajstić information content (AvgIpc) is 3.12. The number of halogens is 1. The Hall–Kier alpha value is -2.34. The lowest BCUT2D eigenvalue weighted by atomic mass is 10.0. The van der Waals surface area contributed by atoms with Crippen LogP contribution >= 0.6 is 11.6 Å². The van der Waals surface area contributed by atoms with E-state index in [0.29, 0.717) is 29.4 Å². The number of nitrogens with zero attached hydrogens (tertiary/aromatic N) is 2. The van der Waals surface area contributed by atoms with Crippen LogP contribution in [0.3, 0.4) is 0 Å². The number of fused-ring (bicyclic) bond motifs is 1. The number of hydrogen-bond donors (Lipinski definition) is 2. The zero-order chi connectivity index (χ0) is 18.9. The highest BCUT2D eigenvalue weighted by molar-refractivity contribution is 6.30. The van der Waals surface area contributed by atoms with Crippen LogP contribution in [0.25, 0.3) is 0 Å². The molecule has 0 radical (unpaired) electrons. The average molecular weight is 375 g/mol. The van der Waals surface area contributed by atoms with E-state index in [1.54, 1.807) is 24.3 Å². The van der Waals surface area contributed by atoms with Crippen LogP contribution in [-0.4, -0.2) is 26.9 Å².